The van der Waals surface area contributed by atoms with Gasteiger partial charge >= 0.3 is 5.97 Å². The van der Waals surface area contributed by atoms with E-state index in [4.69, 9.17) is 42.6 Å². The zero-order valence-corrected chi connectivity index (χ0v) is 45.5. The molecule has 0 amide bonds. The summed E-state index contributed by atoms with van der Waals surface area (Å²) >= 11 is 0. The number of carboxylic acid groups (broad SMARTS) is 1. The van der Waals surface area contributed by atoms with Crippen molar-refractivity contribution in [3.63, 3.8) is 0 Å². The predicted octanol–water partition coefficient (Wildman–Crippen LogP) is -1.23. The van der Waals surface area contributed by atoms with Crippen molar-refractivity contribution in [3.8, 4) is 0 Å². The Bertz CT molecular complexity index is 2140. The van der Waals surface area contributed by atoms with Gasteiger partial charge in [0, 0.05) is 10.8 Å². The fraction of sp³-hybridized carbons (Fsp3) is 0.981. The number of aliphatic carboxylic acids is 1. The van der Waals surface area contributed by atoms with E-state index in [1.54, 1.807) is 0 Å². The van der Waals surface area contributed by atoms with Crippen LogP contribution in [0.3, 0.4) is 0 Å². The second kappa shape index (κ2) is 20.5. The molecule has 77 heavy (non-hydrogen) atoms. The third kappa shape index (κ3) is 8.87. The third-order valence-electron chi connectivity index (χ3n) is 22.5. The first-order valence-corrected chi connectivity index (χ1v) is 28.1. The fourth-order valence-corrected chi connectivity index (χ4v) is 17.9. The molecule has 23 nitrogen and oxygen atoms in total. The van der Waals surface area contributed by atoms with E-state index < -0.39 is 160 Å². The monoisotopic (exact) mass is 1100 g/mol. The van der Waals surface area contributed by atoms with Gasteiger partial charge in [0.05, 0.1) is 43.7 Å². The molecule has 0 aromatic carbocycles. The fourth-order valence-electron chi connectivity index (χ4n) is 17.9. The first kappa shape index (κ1) is 58.8. The Morgan fingerprint density at radius 3 is 1.77 bits per heavy atom. The van der Waals surface area contributed by atoms with Crippen LogP contribution in [-0.2, 0) is 47.4 Å². The molecule has 10 fully saturated rings. The molecular weight excluding hydrogens is 1020 g/mol. The van der Waals surface area contributed by atoms with E-state index in [0.29, 0.717) is 25.9 Å². The zero-order valence-electron chi connectivity index (χ0n) is 45.5. The van der Waals surface area contributed by atoms with Crippen LogP contribution >= 0.6 is 0 Å². The molecule has 0 aromatic rings. The number of carbonyl (C=O) groups is 1. The molecule has 1 spiro atoms. The first-order chi connectivity index (χ1) is 36.0. The molecule has 2 bridgehead atoms. The number of aliphatic hydroxyl groups excluding tert-OH is 12. The second-order valence-electron chi connectivity index (χ2n) is 27.1. The van der Waals surface area contributed by atoms with Crippen LogP contribution in [0.4, 0.5) is 0 Å². The lowest BCUT2D eigenvalue weighted by molar-refractivity contribution is -0.396. The Balaban J connectivity index is 0.917. The van der Waals surface area contributed by atoms with E-state index in [2.05, 4.69) is 48.5 Å². The van der Waals surface area contributed by atoms with Crippen LogP contribution in [0.1, 0.15) is 120 Å². The highest BCUT2D eigenvalue weighted by atomic mass is 16.8. The summed E-state index contributed by atoms with van der Waals surface area (Å²) in [6.07, 6.45) is -29.2. The molecule has 0 radical (unpaired) electrons. The van der Waals surface area contributed by atoms with E-state index in [1.807, 2.05) is 0 Å². The van der Waals surface area contributed by atoms with Crippen LogP contribution < -0.4 is 0 Å². The summed E-state index contributed by atoms with van der Waals surface area (Å²) in [6.45, 7) is 16.4. The quantitative estimate of drug-likeness (QED) is 0.108. The Morgan fingerprint density at radius 1 is 0.532 bits per heavy atom. The van der Waals surface area contributed by atoms with Crippen LogP contribution in [0.2, 0.25) is 0 Å². The Kier molecular flexibility index (Phi) is 15.6. The van der Waals surface area contributed by atoms with Crippen LogP contribution in [0.15, 0.2) is 0 Å². The topological polar surface area (TPSA) is 363 Å². The standard InChI is InChI=1S/C54H88O23/c1-22-30(58)33(61)35(63)44(70-22)76-41-37(65)40(75-46-38(66)39(32(60)24(20-56)72-46)74-45-36(64)34(62)31(59)23(19-55)71-45)42(43(67)68)77-47(41)73-29-11-12-50(6)25(49(29,4)5)9-13-51(7)26(50)10-14-54-27-17-48(2,3)15-16-53(27,21-69-54)28(57)18-52(51,54)8/h22-42,44-47,55-66H,9-21H2,1-8H3,(H,67,68). The van der Waals surface area contributed by atoms with E-state index in [9.17, 15) is 71.2 Å². The van der Waals surface area contributed by atoms with Crippen molar-refractivity contribution in [1.82, 2.24) is 0 Å². The number of carboxylic acids is 1. The Hall–Kier alpha value is -1.37. The molecule has 442 valence electrons. The number of ether oxygens (including phenoxy) is 9. The molecule has 5 saturated carbocycles. The van der Waals surface area contributed by atoms with Gasteiger partial charge in [0.25, 0.3) is 0 Å². The van der Waals surface area contributed by atoms with Crippen LogP contribution in [0, 0.1) is 50.2 Å². The summed E-state index contributed by atoms with van der Waals surface area (Å²) < 4.78 is 55.4. The van der Waals surface area contributed by atoms with Gasteiger partial charge in [0.2, 0.25) is 0 Å². The summed E-state index contributed by atoms with van der Waals surface area (Å²) in [4.78, 5) is 13.3. The van der Waals surface area contributed by atoms with E-state index in [1.165, 1.54) is 6.92 Å². The Morgan fingerprint density at radius 2 is 1.12 bits per heavy atom. The third-order valence-corrected chi connectivity index (χ3v) is 22.5. The molecule has 10 aliphatic rings. The maximum Gasteiger partial charge on any atom is 0.335 e. The van der Waals surface area contributed by atoms with Gasteiger partial charge in [-0.2, -0.15) is 0 Å². The number of hydrogen-bond donors (Lipinski definition) is 13. The molecule has 30 atom stereocenters. The van der Waals surface area contributed by atoms with Gasteiger partial charge in [-0.15, -0.1) is 0 Å². The van der Waals surface area contributed by atoms with E-state index in [-0.39, 0.29) is 50.4 Å². The maximum absolute atomic E-state index is 13.3. The predicted molar refractivity (Wildman–Crippen MR) is 261 cm³/mol. The summed E-state index contributed by atoms with van der Waals surface area (Å²) in [7, 11) is 0. The lowest BCUT2D eigenvalue weighted by Crippen LogP contribution is -2.74. The number of aliphatic hydroxyl groups is 12. The van der Waals surface area contributed by atoms with Gasteiger partial charge in [-0.05, 0) is 111 Å². The highest BCUT2D eigenvalue weighted by Gasteiger charge is 2.80. The highest BCUT2D eigenvalue weighted by molar-refractivity contribution is 5.73. The minimum absolute atomic E-state index is 0.0633. The van der Waals surface area contributed by atoms with Crippen molar-refractivity contribution in [1.29, 1.82) is 0 Å². The number of hydrogen-bond acceptors (Lipinski definition) is 22. The van der Waals surface area contributed by atoms with Crippen LogP contribution in [-0.4, -0.2) is 233 Å². The molecule has 30 unspecified atom stereocenters. The average molecular weight is 1110 g/mol. The maximum atomic E-state index is 13.3. The van der Waals surface area contributed by atoms with Gasteiger partial charge in [-0.25, -0.2) is 4.79 Å². The largest absolute Gasteiger partial charge is 0.479 e. The van der Waals surface area contributed by atoms with E-state index >= 15 is 0 Å². The Labute approximate surface area is 449 Å². The van der Waals surface area contributed by atoms with Crippen molar-refractivity contribution in [2.75, 3.05) is 19.8 Å². The van der Waals surface area contributed by atoms with Gasteiger partial charge in [-0.1, -0.05) is 48.5 Å². The van der Waals surface area contributed by atoms with Gasteiger partial charge in [0.15, 0.2) is 31.3 Å². The highest BCUT2D eigenvalue weighted by Crippen LogP contribution is 2.80. The van der Waals surface area contributed by atoms with Crippen molar-refractivity contribution >= 4 is 5.97 Å². The van der Waals surface area contributed by atoms with Crippen molar-refractivity contribution in [3.05, 3.63) is 0 Å². The smallest absolute Gasteiger partial charge is 0.335 e. The number of rotatable bonds is 11. The zero-order chi connectivity index (χ0) is 56.1. The van der Waals surface area contributed by atoms with E-state index in [0.717, 1.165) is 44.9 Å². The molecule has 13 N–H and O–H groups in total. The first-order valence-electron chi connectivity index (χ1n) is 28.1. The molecule has 23 heteroatoms. The van der Waals surface area contributed by atoms with Gasteiger partial charge in [0.1, 0.15) is 85.5 Å². The lowest BCUT2D eigenvalue weighted by atomic mass is 9.30. The molecular formula is C54H88O23. The average Bonchev–Trinajstić information content (AvgIpc) is 3.88. The van der Waals surface area contributed by atoms with Crippen LogP contribution in [0.5, 0.6) is 0 Å². The summed E-state index contributed by atoms with van der Waals surface area (Å²) in [5, 5.41) is 143. The van der Waals surface area contributed by atoms with Gasteiger partial charge in [-0.3, -0.25) is 0 Å². The minimum Gasteiger partial charge on any atom is -0.479 e. The van der Waals surface area contributed by atoms with Gasteiger partial charge < -0.3 is 109 Å². The lowest BCUT2D eigenvalue weighted by Gasteiger charge is -2.75. The molecule has 0 aromatic heterocycles. The molecule has 5 aliphatic heterocycles. The molecule has 5 saturated heterocycles. The SMILES string of the molecule is CC1OC(OC2C(OC3CCC4(C)C(CCC5(C)C4CCC46OCC7(CCC(C)(C)CC74)C(O)CC56C)C3(C)C)OC(C(=O)O)C(OC3OC(CO)C(O)C(OC4OC(CO)C(O)C(O)C4O)C3O)C2O)C(O)C(O)C1O. The summed E-state index contributed by atoms with van der Waals surface area (Å²) in [6, 6.07) is 0. The van der Waals surface area contributed by atoms with Crippen molar-refractivity contribution < 1.29 is 114 Å². The molecule has 10 rings (SSSR count). The van der Waals surface area contributed by atoms with Crippen molar-refractivity contribution in [2.24, 2.45) is 50.2 Å². The van der Waals surface area contributed by atoms with Crippen molar-refractivity contribution in [2.45, 2.75) is 260 Å². The molecule has 5 heterocycles. The molecule has 5 aliphatic carbocycles. The summed E-state index contributed by atoms with van der Waals surface area (Å²) in [5.74, 6) is -1.09. The van der Waals surface area contributed by atoms with Crippen LogP contribution in [0.25, 0.3) is 0 Å². The summed E-state index contributed by atoms with van der Waals surface area (Å²) in [5.41, 5.74) is -1.77. The second-order valence-corrected chi connectivity index (χ2v) is 27.1. The normalized spacial score (nSPS) is 57.0. The number of fused-ring (bicyclic) bond motifs is 4. The minimum atomic E-state index is -2.13.